The van der Waals surface area contributed by atoms with E-state index in [-0.39, 0.29) is 5.54 Å². The number of nitrogens with one attached hydrogen (secondary N) is 2. The molecule has 0 saturated carbocycles. The number of anilines is 1. The molecule has 0 amide bonds. The highest BCUT2D eigenvalue weighted by Gasteiger charge is 2.15. The summed E-state index contributed by atoms with van der Waals surface area (Å²) in [6, 6.07) is 2.14. The molecule has 1 aromatic rings. The maximum atomic E-state index is 4.62. The van der Waals surface area contributed by atoms with Crippen molar-refractivity contribution in [3.8, 4) is 0 Å². The van der Waals surface area contributed by atoms with Crippen molar-refractivity contribution in [2.24, 2.45) is 0 Å². The van der Waals surface area contributed by atoms with E-state index in [1.807, 2.05) is 6.92 Å². The molecule has 0 bridgehead atoms. The van der Waals surface area contributed by atoms with Crippen LogP contribution in [0, 0.1) is 13.8 Å². The van der Waals surface area contributed by atoms with Crippen LogP contribution in [0.15, 0.2) is 6.07 Å². The Labute approximate surface area is 105 Å². The third kappa shape index (κ3) is 4.35. The fraction of sp³-hybridized carbons (Fsp3) is 0.643. The number of nitrogens with zero attached hydrogens (tertiary/aromatic N) is 1. The maximum Gasteiger partial charge on any atom is 0.131 e. The van der Waals surface area contributed by atoms with Crippen LogP contribution in [0.3, 0.4) is 0 Å². The van der Waals surface area contributed by atoms with E-state index in [1.165, 1.54) is 11.1 Å². The van der Waals surface area contributed by atoms with Gasteiger partial charge < -0.3 is 10.6 Å². The van der Waals surface area contributed by atoms with Gasteiger partial charge in [0.1, 0.15) is 5.82 Å². The molecular weight excluding hydrogens is 210 g/mol. The minimum atomic E-state index is 0.0359. The molecule has 1 aromatic heterocycles. The Balaban J connectivity index is 3.06. The van der Waals surface area contributed by atoms with Gasteiger partial charge in [-0.15, -0.1) is 0 Å². The first-order valence-corrected chi connectivity index (χ1v) is 6.29. The van der Waals surface area contributed by atoms with Gasteiger partial charge in [-0.2, -0.15) is 0 Å². The Kier molecular flexibility index (Phi) is 4.52. The summed E-state index contributed by atoms with van der Waals surface area (Å²) >= 11 is 0. The first-order chi connectivity index (χ1) is 7.83. The molecule has 0 unspecified atom stereocenters. The first-order valence-electron chi connectivity index (χ1n) is 6.29. The highest BCUT2D eigenvalue weighted by Crippen LogP contribution is 2.21. The van der Waals surface area contributed by atoms with E-state index in [4.69, 9.17) is 0 Å². The second kappa shape index (κ2) is 5.50. The van der Waals surface area contributed by atoms with Crippen LogP contribution in [0.5, 0.6) is 0 Å². The zero-order valence-electron chi connectivity index (χ0n) is 11.9. The summed E-state index contributed by atoms with van der Waals surface area (Å²) in [6.45, 7) is 14.6. The van der Waals surface area contributed by atoms with E-state index < -0.39 is 0 Å². The van der Waals surface area contributed by atoms with Crippen LogP contribution < -0.4 is 10.6 Å². The van der Waals surface area contributed by atoms with E-state index in [1.54, 1.807) is 0 Å². The molecule has 0 fully saturated rings. The zero-order chi connectivity index (χ0) is 13.1. The summed E-state index contributed by atoms with van der Waals surface area (Å²) in [5, 5.41) is 6.86. The zero-order valence-corrected chi connectivity index (χ0v) is 11.9. The Bertz CT molecular complexity index is 378. The summed E-state index contributed by atoms with van der Waals surface area (Å²) in [5.41, 5.74) is 3.67. The van der Waals surface area contributed by atoms with Crippen LogP contribution in [-0.4, -0.2) is 17.1 Å². The third-order valence-electron chi connectivity index (χ3n) is 2.52. The lowest BCUT2D eigenvalue weighted by Gasteiger charge is -2.24. The van der Waals surface area contributed by atoms with Gasteiger partial charge in [0.2, 0.25) is 0 Å². The van der Waals surface area contributed by atoms with Gasteiger partial charge in [0, 0.05) is 23.3 Å². The van der Waals surface area contributed by atoms with Gasteiger partial charge in [0.15, 0.2) is 0 Å². The van der Waals surface area contributed by atoms with E-state index in [2.05, 4.69) is 56.3 Å². The van der Waals surface area contributed by atoms with Crippen LogP contribution >= 0.6 is 0 Å². The van der Waals surface area contributed by atoms with Crippen LogP contribution in [0.2, 0.25) is 0 Å². The van der Waals surface area contributed by atoms with E-state index in [0.29, 0.717) is 0 Å². The molecule has 3 nitrogen and oxygen atoms in total. The van der Waals surface area contributed by atoms with Gasteiger partial charge in [-0.25, -0.2) is 4.98 Å². The second-order valence-electron chi connectivity index (χ2n) is 5.56. The van der Waals surface area contributed by atoms with Crippen molar-refractivity contribution in [1.82, 2.24) is 10.3 Å². The molecule has 0 aliphatic rings. The molecule has 0 spiro atoms. The molecular formula is C14H25N3. The van der Waals surface area contributed by atoms with Crippen molar-refractivity contribution in [2.75, 3.05) is 11.9 Å². The second-order valence-corrected chi connectivity index (χ2v) is 5.56. The fourth-order valence-electron chi connectivity index (χ4n) is 1.80. The number of aromatic nitrogens is 1. The van der Waals surface area contributed by atoms with E-state index in [0.717, 1.165) is 24.6 Å². The van der Waals surface area contributed by atoms with Crippen molar-refractivity contribution in [3.63, 3.8) is 0 Å². The van der Waals surface area contributed by atoms with Gasteiger partial charge in [-0.05, 0) is 52.8 Å². The number of aryl methyl sites for hydroxylation is 2. The Morgan fingerprint density at radius 2 is 1.88 bits per heavy atom. The van der Waals surface area contributed by atoms with Crippen molar-refractivity contribution in [1.29, 1.82) is 0 Å². The Hall–Kier alpha value is -1.09. The number of rotatable bonds is 4. The number of hydrogen-bond acceptors (Lipinski definition) is 3. The van der Waals surface area contributed by atoms with Crippen LogP contribution in [0.4, 0.5) is 5.82 Å². The molecule has 0 atom stereocenters. The predicted octanol–water partition coefficient (Wildman–Crippen LogP) is 3.02. The average Bonchev–Trinajstić information content (AvgIpc) is 2.13. The Morgan fingerprint density at radius 3 is 2.41 bits per heavy atom. The summed E-state index contributed by atoms with van der Waals surface area (Å²) in [4.78, 5) is 4.62. The Morgan fingerprint density at radius 1 is 1.24 bits per heavy atom. The van der Waals surface area contributed by atoms with Gasteiger partial charge in [0.05, 0.1) is 0 Å². The maximum absolute atomic E-state index is 4.62. The molecule has 0 aromatic carbocycles. The minimum Gasteiger partial charge on any atom is -0.365 e. The van der Waals surface area contributed by atoms with E-state index in [9.17, 15) is 0 Å². The monoisotopic (exact) mass is 235 g/mol. The molecule has 0 aliphatic carbocycles. The van der Waals surface area contributed by atoms with Gasteiger partial charge in [0.25, 0.3) is 0 Å². The molecule has 3 heteroatoms. The molecule has 1 rings (SSSR count). The van der Waals surface area contributed by atoms with Crippen LogP contribution in [0.25, 0.3) is 0 Å². The van der Waals surface area contributed by atoms with E-state index >= 15 is 0 Å². The quantitative estimate of drug-likeness (QED) is 0.842. The SMILES string of the molecule is CCNCc1c(C)cc(C)nc1NC(C)(C)C. The normalized spacial score (nSPS) is 11.6. The third-order valence-corrected chi connectivity index (χ3v) is 2.52. The van der Waals surface area contributed by atoms with Crippen molar-refractivity contribution in [3.05, 3.63) is 22.9 Å². The lowest BCUT2D eigenvalue weighted by atomic mass is 10.1. The van der Waals surface area contributed by atoms with Gasteiger partial charge in [-0.3, -0.25) is 0 Å². The molecule has 0 aliphatic heterocycles. The largest absolute Gasteiger partial charge is 0.365 e. The summed E-state index contributed by atoms with van der Waals surface area (Å²) < 4.78 is 0. The van der Waals surface area contributed by atoms with Gasteiger partial charge in [-0.1, -0.05) is 6.92 Å². The highest BCUT2D eigenvalue weighted by molar-refractivity contribution is 5.50. The molecule has 1 heterocycles. The van der Waals surface area contributed by atoms with Crippen LogP contribution in [0.1, 0.15) is 44.5 Å². The first kappa shape index (κ1) is 14.0. The fourth-order valence-corrected chi connectivity index (χ4v) is 1.80. The average molecular weight is 235 g/mol. The van der Waals surface area contributed by atoms with Crippen molar-refractivity contribution >= 4 is 5.82 Å². The standard InChI is InChI=1S/C14H25N3/c1-7-15-9-12-10(2)8-11(3)16-13(12)17-14(4,5)6/h8,15H,7,9H2,1-6H3,(H,16,17). The molecule has 2 N–H and O–H groups in total. The molecule has 0 saturated heterocycles. The smallest absolute Gasteiger partial charge is 0.131 e. The highest BCUT2D eigenvalue weighted by atomic mass is 15.0. The van der Waals surface area contributed by atoms with Crippen LogP contribution in [-0.2, 0) is 6.54 Å². The number of pyridine rings is 1. The lowest BCUT2D eigenvalue weighted by molar-refractivity contribution is 0.625. The lowest BCUT2D eigenvalue weighted by Crippen LogP contribution is -2.28. The number of hydrogen-bond donors (Lipinski definition) is 2. The van der Waals surface area contributed by atoms with Gasteiger partial charge >= 0.3 is 0 Å². The molecule has 96 valence electrons. The van der Waals surface area contributed by atoms with Crippen molar-refractivity contribution in [2.45, 2.75) is 53.6 Å². The summed E-state index contributed by atoms with van der Waals surface area (Å²) in [5.74, 6) is 1.01. The summed E-state index contributed by atoms with van der Waals surface area (Å²) in [7, 11) is 0. The summed E-state index contributed by atoms with van der Waals surface area (Å²) in [6.07, 6.45) is 0. The minimum absolute atomic E-state index is 0.0359. The molecule has 17 heavy (non-hydrogen) atoms. The topological polar surface area (TPSA) is 37.0 Å². The predicted molar refractivity (Wildman–Crippen MR) is 74.5 cm³/mol. The molecule has 0 radical (unpaired) electrons. The van der Waals surface area contributed by atoms with Crippen molar-refractivity contribution < 1.29 is 0 Å².